The quantitative estimate of drug-likeness (QED) is 0.593. The fourth-order valence-electron chi connectivity index (χ4n) is 2.20. The van der Waals surface area contributed by atoms with E-state index in [4.69, 9.17) is 4.74 Å². The molecule has 0 fully saturated rings. The smallest absolute Gasteiger partial charge is 0.387 e. The van der Waals surface area contributed by atoms with E-state index >= 15 is 0 Å². The Morgan fingerprint density at radius 2 is 1.72 bits per heavy atom. The number of hydrogen-bond acceptors (Lipinski definition) is 6. The summed E-state index contributed by atoms with van der Waals surface area (Å²) in [6.45, 7) is -2.74. The summed E-state index contributed by atoms with van der Waals surface area (Å²) in [7, 11) is -3.99. The zero-order valence-corrected chi connectivity index (χ0v) is 16.0. The molecule has 0 atom stereocenters. The first-order valence-corrected chi connectivity index (χ1v) is 9.71. The number of hydrogen-bond donors (Lipinski definition) is 2. The van der Waals surface area contributed by atoms with E-state index in [1.165, 1.54) is 49.4 Å². The molecule has 0 aliphatic rings. The van der Waals surface area contributed by atoms with Gasteiger partial charge in [-0.15, -0.1) is 0 Å². The Labute approximate surface area is 165 Å². The van der Waals surface area contributed by atoms with Gasteiger partial charge in [0.2, 0.25) is 15.9 Å². The molecule has 0 saturated heterocycles. The van der Waals surface area contributed by atoms with Crippen molar-refractivity contribution < 1.29 is 36.3 Å². The van der Waals surface area contributed by atoms with Gasteiger partial charge in [-0.3, -0.25) is 9.59 Å². The summed E-state index contributed by atoms with van der Waals surface area (Å²) in [5, 5.41) is 2.50. The zero-order chi connectivity index (χ0) is 21.4. The number of nitrogens with one attached hydrogen (secondary N) is 2. The number of carbonyl (C=O) groups is 2. The van der Waals surface area contributed by atoms with Crippen LogP contribution < -0.4 is 14.8 Å². The second kappa shape index (κ2) is 9.94. The van der Waals surface area contributed by atoms with Crippen LogP contribution in [0.3, 0.4) is 0 Å². The first-order valence-electron chi connectivity index (χ1n) is 8.23. The third-order valence-electron chi connectivity index (χ3n) is 3.47. The number of rotatable bonds is 9. The Bertz CT molecular complexity index is 965. The number of amides is 1. The Morgan fingerprint density at radius 1 is 1.07 bits per heavy atom. The van der Waals surface area contributed by atoms with Crippen LogP contribution in [-0.2, 0) is 31.0 Å². The van der Waals surface area contributed by atoms with Crippen molar-refractivity contribution in [3.8, 4) is 5.75 Å². The molecule has 0 bridgehead atoms. The van der Waals surface area contributed by atoms with E-state index < -0.39 is 29.1 Å². The summed E-state index contributed by atoms with van der Waals surface area (Å²) in [5.74, 6) is -1.35. The average molecular weight is 428 g/mol. The molecule has 2 N–H and O–H groups in total. The molecule has 2 aromatic rings. The molecule has 29 heavy (non-hydrogen) atoms. The van der Waals surface area contributed by atoms with Crippen LogP contribution >= 0.6 is 0 Å². The highest BCUT2D eigenvalue weighted by molar-refractivity contribution is 7.89. The zero-order valence-electron chi connectivity index (χ0n) is 15.2. The molecule has 1 amide bonds. The number of sulfonamides is 1. The SMILES string of the molecule is CC(=O)Nc1ccc(S(=O)(=O)NCC(=O)OCc2ccccc2OC(F)F)cc1. The summed E-state index contributed by atoms with van der Waals surface area (Å²) < 4.78 is 60.5. The lowest BCUT2D eigenvalue weighted by Gasteiger charge is -2.11. The van der Waals surface area contributed by atoms with Crippen molar-refractivity contribution in [2.75, 3.05) is 11.9 Å². The van der Waals surface area contributed by atoms with E-state index in [0.717, 1.165) is 0 Å². The van der Waals surface area contributed by atoms with Crippen molar-refractivity contribution in [2.45, 2.75) is 25.0 Å². The Hall–Kier alpha value is -3.05. The van der Waals surface area contributed by atoms with Gasteiger partial charge in [-0.05, 0) is 30.3 Å². The molecule has 0 spiro atoms. The largest absolute Gasteiger partial charge is 0.460 e. The molecule has 0 saturated carbocycles. The predicted molar refractivity (Wildman–Crippen MR) is 98.8 cm³/mol. The molecule has 8 nitrogen and oxygen atoms in total. The third kappa shape index (κ3) is 7.12. The topological polar surface area (TPSA) is 111 Å². The van der Waals surface area contributed by atoms with Crippen LogP contribution in [0.1, 0.15) is 12.5 Å². The van der Waals surface area contributed by atoms with Crippen molar-refractivity contribution in [1.82, 2.24) is 4.72 Å². The van der Waals surface area contributed by atoms with E-state index in [-0.39, 0.29) is 28.7 Å². The lowest BCUT2D eigenvalue weighted by molar-refractivity contribution is -0.143. The van der Waals surface area contributed by atoms with E-state index in [9.17, 15) is 26.8 Å². The maximum atomic E-state index is 12.4. The molecule has 2 aromatic carbocycles. The summed E-state index contributed by atoms with van der Waals surface area (Å²) in [6.07, 6.45) is 0. The first-order chi connectivity index (χ1) is 13.7. The second-order valence-corrected chi connectivity index (χ2v) is 7.44. The predicted octanol–water partition coefficient (Wildman–Crippen LogP) is 2.27. The Morgan fingerprint density at radius 3 is 2.34 bits per heavy atom. The van der Waals surface area contributed by atoms with E-state index in [1.54, 1.807) is 6.07 Å². The summed E-state index contributed by atoms with van der Waals surface area (Å²) in [4.78, 5) is 22.7. The van der Waals surface area contributed by atoms with Gasteiger partial charge in [0.05, 0.1) is 4.90 Å². The van der Waals surface area contributed by atoms with Gasteiger partial charge in [0, 0.05) is 18.2 Å². The number of halogens is 2. The van der Waals surface area contributed by atoms with Crippen LogP contribution in [0.4, 0.5) is 14.5 Å². The van der Waals surface area contributed by atoms with Crippen molar-refractivity contribution in [3.63, 3.8) is 0 Å². The average Bonchev–Trinajstić information content (AvgIpc) is 2.65. The highest BCUT2D eigenvalue weighted by Crippen LogP contribution is 2.21. The van der Waals surface area contributed by atoms with Crippen molar-refractivity contribution in [3.05, 3.63) is 54.1 Å². The molecule has 0 aromatic heterocycles. The Balaban J connectivity index is 1.91. The van der Waals surface area contributed by atoms with Gasteiger partial charge in [-0.2, -0.15) is 13.5 Å². The number of benzene rings is 2. The lowest BCUT2D eigenvalue weighted by atomic mass is 10.2. The fourth-order valence-corrected chi connectivity index (χ4v) is 3.17. The molecule has 0 aliphatic carbocycles. The van der Waals surface area contributed by atoms with Gasteiger partial charge < -0.3 is 14.8 Å². The molecule has 11 heteroatoms. The fraction of sp³-hybridized carbons (Fsp3) is 0.222. The molecule has 0 aliphatic heterocycles. The van der Waals surface area contributed by atoms with Crippen LogP contribution in [0.5, 0.6) is 5.75 Å². The maximum Gasteiger partial charge on any atom is 0.387 e. The summed E-state index contributed by atoms with van der Waals surface area (Å²) in [5.41, 5.74) is 0.623. The number of carbonyl (C=O) groups excluding carboxylic acids is 2. The van der Waals surface area contributed by atoms with Crippen LogP contribution in [0, 0.1) is 0 Å². The molecule has 2 rings (SSSR count). The molecular weight excluding hydrogens is 410 g/mol. The highest BCUT2D eigenvalue weighted by Gasteiger charge is 2.17. The second-order valence-electron chi connectivity index (χ2n) is 5.68. The standard InChI is InChI=1S/C18H18F2N2O6S/c1-12(23)22-14-6-8-15(9-7-14)29(25,26)21-10-17(24)27-11-13-4-2-3-5-16(13)28-18(19)20/h2-9,18,21H,10-11H2,1H3,(H,22,23). The number of esters is 1. The van der Waals surface area contributed by atoms with Gasteiger partial charge in [0.25, 0.3) is 0 Å². The van der Waals surface area contributed by atoms with Crippen LogP contribution in [0.2, 0.25) is 0 Å². The van der Waals surface area contributed by atoms with Crippen LogP contribution in [-0.4, -0.2) is 33.5 Å². The molecule has 156 valence electrons. The molecular formula is C18H18F2N2O6S. The van der Waals surface area contributed by atoms with Gasteiger partial charge in [-0.25, -0.2) is 8.42 Å². The number of anilines is 1. The monoisotopic (exact) mass is 428 g/mol. The van der Waals surface area contributed by atoms with E-state index in [2.05, 4.69) is 14.8 Å². The van der Waals surface area contributed by atoms with Gasteiger partial charge >= 0.3 is 12.6 Å². The Kier molecular flexibility index (Phi) is 7.62. The lowest BCUT2D eigenvalue weighted by Crippen LogP contribution is -2.30. The number of ether oxygens (including phenoxy) is 2. The van der Waals surface area contributed by atoms with Crippen molar-refractivity contribution in [2.24, 2.45) is 0 Å². The normalized spacial score (nSPS) is 11.2. The van der Waals surface area contributed by atoms with Crippen molar-refractivity contribution in [1.29, 1.82) is 0 Å². The molecule has 0 heterocycles. The third-order valence-corrected chi connectivity index (χ3v) is 4.89. The minimum absolute atomic E-state index is 0.116. The van der Waals surface area contributed by atoms with E-state index in [0.29, 0.717) is 5.69 Å². The van der Waals surface area contributed by atoms with E-state index in [1.807, 2.05) is 0 Å². The summed E-state index contributed by atoms with van der Waals surface area (Å²) in [6, 6.07) is 11.1. The van der Waals surface area contributed by atoms with Gasteiger partial charge in [0.1, 0.15) is 18.9 Å². The van der Waals surface area contributed by atoms with Gasteiger partial charge in [-0.1, -0.05) is 18.2 Å². The van der Waals surface area contributed by atoms with Crippen molar-refractivity contribution >= 4 is 27.6 Å². The first kappa shape index (κ1) is 22.2. The highest BCUT2D eigenvalue weighted by atomic mass is 32.2. The van der Waals surface area contributed by atoms with Gasteiger partial charge in [0.15, 0.2) is 0 Å². The minimum Gasteiger partial charge on any atom is -0.460 e. The number of para-hydroxylation sites is 1. The molecule has 0 unspecified atom stereocenters. The molecule has 0 radical (unpaired) electrons. The van der Waals surface area contributed by atoms with Crippen LogP contribution in [0.25, 0.3) is 0 Å². The summed E-state index contributed by atoms with van der Waals surface area (Å²) >= 11 is 0. The maximum absolute atomic E-state index is 12.4. The number of alkyl halides is 2. The van der Waals surface area contributed by atoms with Crippen LogP contribution in [0.15, 0.2) is 53.4 Å². The minimum atomic E-state index is -3.99.